The van der Waals surface area contributed by atoms with Crippen LogP contribution in [0, 0.1) is 5.92 Å². The van der Waals surface area contributed by atoms with E-state index >= 15 is 0 Å². The van der Waals surface area contributed by atoms with Gasteiger partial charge in [-0.05, 0) is 12.3 Å². The molecule has 1 aliphatic heterocycles. The third-order valence-electron chi connectivity index (χ3n) is 3.23. The van der Waals surface area contributed by atoms with Crippen LogP contribution in [0.4, 0.5) is 4.79 Å². The molecule has 2 amide bonds. The van der Waals surface area contributed by atoms with Crippen LogP contribution in [0.5, 0.6) is 0 Å². The minimum Gasteiger partial charge on any atom is -0.480 e. The molecule has 1 saturated heterocycles. The van der Waals surface area contributed by atoms with Crippen molar-refractivity contribution in [3.63, 3.8) is 0 Å². The molecular weight excluding hydrogens is 260 g/mol. The lowest BCUT2D eigenvalue weighted by Gasteiger charge is -2.27. The van der Waals surface area contributed by atoms with Gasteiger partial charge < -0.3 is 21.1 Å². The largest absolute Gasteiger partial charge is 0.480 e. The topological polar surface area (TPSA) is 93.7 Å². The number of urea groups is 1. The SMILES string of the molecule is CC(C)CC(NC(=O)NCCN1CCNCC1)C(=O)O. The maximum atomic E-state index is 11.7. The van der Waals surface area contributed by atoms with Crippen LogP contribution in [0.1, 0.15) is 20.3 Å². The van der Waals surface area contributed by atoms with Crippen molar-refractivity contribution in [2.45, 2.75) is 26.3 Å². The van der Waals surface area contributed by atoms with Crippen molar-refractivity contribution in [1.29, 1.82) is 0 Å². The number of hydrogen-bond donors (Lipinski definition) is 4. The van der Waals surface area contributed by atoms with E-state index < -0.39 is 18.0 Å². The van der Waals surface area contributed by atoms with Crippen LogP contribution in [-0.4, -0.2) is 67.3 Å². The molecule has 0 spiro atoms. The predicted octanol–water partition coefficient (Wildman–Crippen LogP) is -0.310. The molecule has 1 heterocycles. The Morgan fingerprint density at radius 3 is 2.50 bits per heavy atom. The van der Waals surface area contributed by atoms with E-state index in [0.29, 0.717) is 13.0 Å². The third-order valence-corrected chi connectivity index (χ3v) is 3.23. The van der Waals surface area contributed by atoms with Crippen LogP contribution in [-0.2, 0) is 4.79 Å². The lowest BCUT2D eigenvalue weighted by molar-refractivity contribution is -0.139. The number of nitrogens with one attached hydrogen (secondary N) is 3. The molecule has 0 aromatic rings. The molecule has 1 atom stereocenters. The Kier molecular flexibility index (Phi) is 7.32. The third kappa shape index (κ3) is 6.72. The molecule has 7 nitrogen and oxygen atoms in total. The number of piperazine rings is 1. The molecule has 20 heavy (non-hydrogen) atoms. The van der Waals surface area contributed by atoms with Crippen LogP contribution < -0.4 is 16.0 Å². The van der Waals surface area contributed by atoms with Crippen LogP contribution in [0.25, 0.3) is 0 Å². The van der Waals surface area contributed by atoms with Crippen LogP contribution >= 0.6 is 0 Å². The lowest BCUT2D eigenvalue weighted by Crippen LogP contribution is -2.50. The zero-order chi connectivity index (χ0) is 15.0. The molecule has 1 unspecified atom stereocenters. The summed E-state index contributed by atoms with van der Waals surface area (Å²) in [5, 5.41) is 17.5. The number of carboxylic acid groups (broad SMARTS) is 1. The quantitative estimate of drug-likeness (QED) is 0.515. The van der Waals surface area contributed by atoms with Gasteiger partial charge in [0.05, 0.1) is 0 Å². The van der Waals surface area contributed by atoms with E-state index in [4.69, 9.17) is 5.11 Å². The summed E-state index contributed by atoms with van der Waals surface area (Å²) in [6, 6.07) is -1.23. The van der Waals surface area contributed by atoms with Gasteiger partial charge in [-0.1, -0.05) is 13.8 Å². The van der Waals surface area contributed by atoms with Gasteiger partial charge in [0.2, 0.25) is 0 Å². The van der Waals surface area contributed by atoms with Gasteiger partial charge in [0.15, 0.2) is 0 Å². The summed E-state index contributed by atoms with van der Waals surface area (Å²) in [5.41, 5.74) is 0. The average Bonchev–Trinajstić information content (AvgIpc) is 2.38. The zero-order valence-corrected chi connectivity index (χ0v) is 12.3. The number of nitrogens with zero attached hydrogens (tertiary/aromatic N) is 1. The standard InChI is InChI=1S/C13H26N4O3/c1-10(2)9-11(12(18)19)16-13(20)15-5-8-17-6-3-14-4-7-17/h10-11,14H,3-9H2,1-2H3,(H,18,19)(H2,15,16,20). The van der Waals surface area contributed by atoms with Crippen molar-refractivity contribution in [2.75, 3.05) is 39.3 Å². The summed E-state index contributed by atoms with van der Waals surface area (Å²) in [7, 11) is 0. The van der Waals surface area contributed by atoms with Crippen molar-refractivity contribution in [3.05, 3.63) is 0 Å². The second kappa shape index (κ2) is 8.76. The van der Waals surface area contributed by atoms with E-state index in [1.807, 2.05) is 13.8 Å². The molecule has 7 heteroatoms. The number of amides is 2. The van der Waals surface area contributed by atoms with Gasteiger partial charge in [-0.15, -0.1) is 0 Å². The molecule has 1 rings (SSSR count). The minimum atomic E-state index is -0.990. The van der Waals surface area contributed by atoms with Gasteiger partial charge in [-0.2, -0.15) is 0 Å². The first kappa shape index (κ1) is 16.7. The van der Waals surface area contributed by atoms with Crippen LogP contribution in [0.15, 0.2) is 0 Å². The summed E-state index contributed by atoms with van der Waals surface area (Å²) in [6.45, 7) is 9.09. The Hall–Kier alpha value is -1.34. The molecular formula is C13H26N4O3. The van der Waals surface area contributed by atoms with Crippen LogP contribution in [0.2, 0.25) is 0 Å². The van der Waals surface area contributed by atoms with E-state index in [2.05, 4.69) is 20.9 Å². The van der Waals surface area contributed by atoms with E-state index in [1.165, 1.54) is 0 Å². The summed E-state index contributed by atoms with van der Waals surface area (Å²) < 4.78 is 0. The Labute approximate surface area is 120 Å². The second-order valence-corrected chi connectivity index (χ2v) is 5.51. The fourth-order valence-corrected chi connectivity index (χ4v) is 2.16. The van der Waals surface area contributed by atoms with E-state index in [0.717, 1.165) is 32.7 Å². The van der Waals surface area contributed by atoms with Gasteiger partial charge in [0, 0.05) is 39.3 Å². The van der Waals surface area contributed by atoms with E-state index in [-0.39, 0.29) is 5.92 Å². The highest BCUT2D eigenvalue weighted by atomic mass is 16.4. The van der Waals surface area contributed by atoms with Gasteiger partial charge in [0.25, 0.3) is 0 Å². The van der Waals surface area contributed by atoms with Gasteiger partial charge >= 0.3 is 12.0 Å². The first-order chi connectivity index (χ1) is 9.49. The Balaban J connectivity index is 2.21. The van der Waals surface area contributed by atoms with E-state index in [9.17, 15) is 9.59 Å². The monoisotopic (exact) mass is 286 g/mol. The van der Waals surface area contributed by atoms with Crippen LogP contribution in [0.3, 0.4) is 0 Å². The summed E-state index contributed by atoms with van der Waals surface area (Å²) in [5.74, 6) is -0.770. The van der Waals surface area contributed by atoms with Crippen molar-refractivity contribution in [1.82, 2.24) is 20.9 Å². The Morgan fingerprint density at radius 1 is 1.30 bits per heavy atom. The molecule has 4 N–H and O–H groups in total. The molecule has 116 valence electrons. The van der Waals surface area contributed by atoms with Gasteiger partial charge in [-0.3, -0.25) is 4.90 Å². The smallest absolute Gasteiger partial charge is 0.326 e. The lowest BCUT2D eigenvalue weighted by atomic mass is 10.0. The normalized spacial score (nSPS) is 17.8. The number of carboxylic acids is 1. The predicted molar refractivity (Wildman–Crippen MR) is 76.7 cm³/mol. The highest BCUT2D eigenvalue weighted by Crippen LogP contribution is 2.04. The number of carbonyl (C=O) groups excluding carboxylic acids is 1. The Bertz CT molecular complexity index is 317. The van der Waals surface area contributed by atoms with Crippen molar-refractivity contribution in [3.8, 4) is 0 Å². The van der Waals surface area contributed by atoms with Crippen molar-refractivity contribution >= 4 is 12.0 Å². The fraction of sp³-hybridized carbons (Fsp3) is 0.846. The molecule has 0 bridgehead atoms. The minimum absolute atomic E-state index is 0.220. The van der Waals surface area contributed by atoms with Crippen molar-refractivity contribution < 1.29 is 14.7 Å². The van der Waals surface area contributed by atoms with Gasteiger partial charge in [-0.25, -0.2) is 9.59 Å². The number of aliphatic carboxylic acids is 1. The van der Waals surface area contributed by atoms with E-state index in [1.54, 1.807) is 0 Å². The van der Waals surface area contributed by atoms with Crippen molar-refractivity contribution in [2.24, 2.45) is 5.92 Å². The molecule has 0 aromatic carbocycles. The maximum absolute atomic E-state index is 11.7. The Morgan fingerprint density at radius 2 is 1.95 bits per heavy atom. The average molecular weight is 286 g/mol. The summed E-state index contributed by atoms with van der Waals surface area (Å²) >= 11 is 0. The molecule has 0 radical (unpaired) electrons. The number of carbonyl (C=O) groups is 2. The zero-order valence-electron chi connectivity index (χ0n) is 12.3. The highest BCUT2D eigenvalue weighted by molar-refractivity contribution is 5.82. The fourth-order valence-electron chi connectivity index (χ4n) is 2.16. The molecule has 1 fully saturated rings. The number of rotatable bonds is 7. The molecule has 0 aromatic heterocycles. The molecule has 0 saturated carbocycles. The second-order valence-electron chi connectivity index (χ2n) is 5.51. The molecule has 1 aliphatic rings. The first-order valence-corrected chi connectivity index (χ1v) is 7.19. The molecule has 0 aliphatic carbocycles. The summed E-state index contributed by atoms with van der Waals surface area (Å²) in [6.07, 6.45) is 0.431. The number of hydrogen-bond acceptors (Lipinski definition) is 4. The first-order valence-electron chi connectivity index (χ1n) is 7.19. The highest BCUT2D eigenvalue weighted by Gasteiger charge is 2.20. The maximum Gasteiger partial charge on any atom is 0.326 e. The summed E-state index contributed by atoms with van der Waals surface area (Å²) in [4.78, 5) is 25.0. The van der Waals surface area contributed by atoms with Gasteiger partial charge in [0.1, 0.15) is 6.04 Å².